The van der Waals surface area contributed by atoms with Gasteiger partial charge < -0.3 is 9.88 Å². The lowest BCUT2D eigenvalue weighted by Crippen LogP contribution is -2.28. The fraction of sp³-hybridized carbons (Fsp3) is 0.444. The van der Waals surface area contributed by atoms with Gasteiger partial charge in [0.05, 0.1) is 0 Å². The Hall–Kier alpha value is -1.54. The lowest BCUT2D eigenvalue weighted by Gasteiger charge is -2.15. The average molecular weight is 270 g/mol. The maximum absolute atomic E-state index is 3.64. The van der Waals surface area contributed by atoms with Crippen LogP contribution in [0.15, 0.2) is 30.3 Å². The van der Waals surface area contributed by atoms with E-state index >= 15 is 0 Å². The van der Waals surface area contributed by atoms with Crippen LogP contribution in [0.4, 0.5) is 0 Å². The summed E-state index contributed by atoms with van der Waals surface area (Å²) in [7, 11) is 2.13. The highest BCUT2D eigenvalue weighted by Crippen LogP contribution is 2.14. The van der Waals surface area contributed by atoms with E-state index in [9.17, 15) is 0 Å². The van der Waals surface area contributed by atoms with Crippen molar-refractivity contribution in [1.29, 1.82) is 0 Å². The number of rotatable bonds is 5. The highest BCUT2D eigenvalue weighted by atomic mass is 15.0. The number of hydrogen-bond acceptors (Lipinski definition) is 1. The zero-order valence-corrected chi connectivity index (χ0v) is 13.3. The molecular formula is C18H26N2. The van der Waals surface area contributed by atoms with Crippen molar-refractivity contribution in [1.82, 2.24) is 9.88 Å². The van der Waals surface area contributed by atoms with Gasteiger partial charge in [0.15, 0.2) is 0 Å². The fourth-order valence-corrected chi connectivity index (χ4v) is 2.64. The van der Waals surface area contributed by atoms with E-state index in [0.29, 0.717) is 6.04 Å². The molecule has 0 saturated carbocycles. The standard InChI is InChI=1S/C18H26N2/c1-13-8-6-7-9-17(13)10-14(2)19-12-18-11-15(3)20(5)16(18)4/h6-9,11,14,19H,10,12H2,1-5H3. The van der Waals surface area contributed by atoms with Crippen molar-refractivity contribution in [2.45, 2.75) is 46.7 Å². The van der Waals surface area contributed by atoms with Gasteiger partial charge in [-0.25, -0.2) is 0 Å². The van der Waals surface area contributed by atoms with Crippen LogP contribution in [0.5, 0.6) is 0 Å². The van der Waals surface area contributed by atoms with Crippen LogP contribution in [0, 0.1) is 20.8 Å². The second-order valence-electron chi connectivity index (χ2n) is 5.87. The van der Waals surface area contributed by atoms with Crippen LogP contribution in [-0.2, 0) is 20.0 Å². The number of benzene rings is 1. The van der Waals surface area contributed by atoms with Crippen LogP contribution in [0.1, 0.15) is 35.0 Å². The van der Waals surface area contributed by atoms with Crippen molar-refractivity contribution in [2.24, 2.45) is 7.05 Å². The molecule has 2 nitrogen and oxygen atoms in total. The molecule has 0 aliphatic carbocycles. The Kier molecular flexibility index (Phi) is 4.66. The molecule has 0 amide bonds. The molecule has 1 heterocycles. The van der Waals surface area contributed by atoms with Gasteiger partial charge in [-0.05, 0) is 56.9 Å². The molecule has 0 aliphatic rings. The molecule has 0 fully saturated rings. The van der Waals surface area contributed by atoms with Crippen molar-refractivity contribution < 1.29 is 0 Å². The first-order valence-electron chi connectivity index (χ1n) is 7.38. The molecule has 2 rings (SSSR count). The third-order valence-corrected chi connectivity index (χ3v) is 4.31. The minimum absolute atomic E-state index is 0.482. The van der Waals surface area contributed by atoms with E-state index in [0.717, 1.165) is 13.0 Å². The van der Waals surface area contributed by atoms with Gasteiger partial charge in [-0.15, -0.1) is 0 Å². The Morgan fingerprint density at radius 1 is 1.10 bits per heavy atom. The Balaban J connectivity index is 1.94. The van der Waals surface area contributed by atoms with Crippen molar-refractivity contribution in [3.05, 3.63) is 58.4 Å². The number of nitrogens with one attached hydrogen (secondary N) is 1. The first kappa shape index (κ1) is 14.9. The summed E-state index contributed by atoms with van der Waals surface area (Å²) in [5.74, 6) is 0. The van der Waals surface area contributed by atoms with E-state index in [1.165, 1.54) is 28.1 Å². The van der Waals surface area contributed by atoms with Gasteiger partial charge in [0.25, 0.3) is 0 Å². The first-order chi connectivity index (χ1) is 9.49. The number of nitrogens with zero attached hydrogens (tertiary/aromatic N) is 1. The molecule has 1 N–H and O–H groups in total. The molecule has 0 bridgehead atoms. The minimum Gasteiger partial charge on any atom is -0.352 e. The maximum Gasteiger partial charge on any atom is 0.0225 e. The average Bonchev–Trinajstić information content (AvgIpc) is 2.66. The molecule has 2 heteroatoms. The van der Waals surface area contributed by atoms with Gasteiger partial charge in [0.2, 0.25) is 0 Å². The van der Waals surface area contributed by atoms with Crippen LogP contribution < -0.4 is 5.32 Å². The summed E-state index contributed by atoms with van der Waals surface area (Å²) in [4.78, 5) is 0. The highest BCUT2D eigenvalue weighted by molar-refractivity contribution is 5.27. The summed E-state index contributed by atoms with van der Waals surface area (Å²) in [6.45, 7) is 9.74. The smallest absolute Gasteiger partial charge is 0.0225 e. The SMILES string of the molecule is Cc1ccccc1CC(C)NCc1cc(C)n(C)c1C. The van der Waals surface area contributed by atoms with Gasteiger partial charge in [0.1, 0.15) is 0 Å². The van der Waals surface area contributed by atoms with E-state index in [1.807, 2.05) is 0 Å². The predicted molar refractivity (Wildman–Crippen MR) is 86.1 cm³/mol. The normalized spacial score (nSPS) is 12.7. The molecule has 1 unspecified atom stereocenters. The maximum atomic E-state index is 3.64. The monoisotopic (exact) mass is 270 g/mol. The second kappa shape index (κ2) is 6.27. The third-order valence-electron chi connectivity index (χ3n) is 4.31. The Bertz CT molecular complexity index is 581. The van der Waals surface area contributed by atoms with Crippen molar-refractivity contribution in [3.63, 3.8) is 0 Å². The Labute approximate surface area is 122 Å². The quantitative estimate of drug-likeness (QED) is 0.877. The van der Waals surface area contributed by atoms with Crippen LogP contribution in [0.2, 0.25) is 0 Å². The highest BCUT2D eigenvalue weighted by Gasteiger charge is 2.09. The molecule has 0 radical (unpaired) electrons. The van der Waals surface area contributed by atoms with Crippen LogP contribution in [0.25, 0.3) is 0 Å². The zero-order valence-electron chi connectivity index (χ0n) is 13.3. The van der Waals surface area contributed by atoms with Gasteiger partial charge in [0, 0.05) is 31.0 Å². The van der Waals surface area contributed by atoms with Crippen molar-refractivity contribution in [3.8, 4) is 0 Å². The van der Waals surface area contributed by atoms with Crippen LogP contribution in [-0.4, -0.2) is 10.6 Å². The van der Waals surface area contributed by atoms with Gasteiger partial charge >= 0.3 is 0 Å². The van der Waals surface area contributed by atoms with Gasteiger partial charge in [-0.2, -0.15) is 0 Å². The molecule has 1 aromatic heterocycles. The summed E-state index contributed by atoms with van der Waals surface area (Å²) in [6, 6.07) is 11.4. The van der Waals surface area contributed by atoms with E-state index in [1.54, 1.807) is 0 Å². The predicted octanol–water partition coefficient (Wildman–Crippen LogP) is 3.67. The van der Waals surface area contributed by atoms with Gasteiger partial charge in [-0.3, -0.25) is 0 Å². The van der Waals surface area contributed by atoms with Crippen molar-refractivity contribution >= 4 is 0 Å². The molecule has 0 spiro atoms. The molecule has 0 aliphatic heterocycles. The largest absolute Gasteiger partial charge is 0.352 e. The van der Waals surface area contributed by atoms with E-state index in [-0.39, 0.29) is 0 Å². The lowest BCUT2D eigenvalue weighted by molar-refractivity contribution is 0.543. The Morgan fingerprint density at radius 2 is 1.80 bits per heavy atom. The number of aromatic nitrogens is 1. The summed E-state index contributed by atoms with van der Waals surface area (Å²) in [6.07, 6.45) is 1.08. The minimum atomic E-state index is 0.482. The third kappa shape index (κ3) is 3.31. The summed E-state index contributed by atoms with van der Waals surface area (Å²) in [5.41, 5.74) is 6.91. The van der Waals surface area contributed by atoms with Crippen LogP contribution >= 0.6 is 0 Å². The molecule has 20 heavy (non-hydrogen) atoms. The lowest BCUT2D eigenvalue weighted by atomic mass is 10.0. The molecule has 2 aromatic rings. The fourth-order valence-electron chi connectivity index (χ4n) is 2.64. The van der Waals surface area contributed by atoms with E-state index in [2.05, 4.69) is 75.0 Å². The van der Waals surface area contributed by atoms with Crippen LogP contribution in [0.3, 0.4) is 0 Å². The molecule has 1 atom stereocenters. The topological polar surface area (TPSA) is 17.0 Å². The molecule has 1 aromatic carbocycles. The summed E-state index contributed by atoms with van der Waals surface area (Å²) >= 11 is 0. The van der Waals surface area contributed by atoms with E-state index in [4.69, 9.17) is 0 Å². The van der Waals surface area contributed by atoms with E-state index < -0.39 is 0 Å². The number of hydrogen-bond donors (Lipinski definition) is 1. The molecule has 0 saturated heterocycles. The molecule has 108 valence electrons. The Morgan fingerprint density at radius 3 is 2.40 bits per heavy atom. The van der Waals surface area contributed by atoms with Crippen molar-refractivity contribution in [2.75, 3.05) is 0 Å². The first-order valence-corrected chi connectivity index (χ1v) is 7.38. The zero-order chi connectivity index (χ0) is 14.7. The summed E-state index contributed by atoms with van der Waals surface area (Å²) < 4.78 is 2.25. The van der Waals surface area contributed by atoms with Gasteiger partial charge in [-0.1, -0.05) is 24.3 Å². The number of aryl methyl sites for hydroxylation is 2. The molecular weight excluding hydrogens is 244 g/mol. The second-order valence-corrected chi connectivity index (χ2v) is 5.87. The summed E-state index contributed by atoms with van der Waals surface area (Å²) in [5, 5.41) is 3.64.